The van der Waals surface area contributed by atoms with Gasteiger partial charge in [-0.3, -0.25) is 4.79 Å². The molecule has 0 N–H and O–H groups in total. The lowest BCUT2D eigenvalue weighted by Crippen LogP contribution is -2.28. The molecule has 0 saturated carbocycles. The maximum Gasteiger partial charge on any atom is 0.254 e. The van der Waals surface area contributed by atoms with Gasteiger partial charge >= 0.3 is 0 Å². The number of hydrogen-bond donors (Lipinski definition) is 0. The molecule has 0 aliphatic carbocycles. The van der Waals surface area contributed by atoms with E-state index in [0.29, 0.717) is 27.6 Å². The summed E-state index contributed by atoms with van der Waals surface area (Å²) in [5.74, 6) is 1.43. The molecule has 184 valence electrons. The zero-order chi connectivity index (χ0) is 25.2. The molecule has 1 fully saturated rings. The first-order chi connectivity index (χ1) is 17.5. The Labute approximate surface area is 215 Å². The van der Waals surface area contributed by atoms with E-state index in [1.165, 1.54) is 0 Å². The van der Waals surface area contributed by atoms with Crippen LogP contribution in [0.3, 0.4) is 0 Å². The quantitative estimate of drug-likeness (QED) is 0.323. The number of carbonyl (C=O) groups excluding carboxylic acids is 1. The van der Waals surface area contributed by atoms with Gasteiger partial charge in [0.05, 0.1) is 37.3 Å². The van der Waals surface area contributed by atoms with Gasteiger partial charge in [0, 0.05) is 42.2 Å². The van der Waals surface area contributed by atoms with Gasteiger partial charge in [0.1, 0.15) is 11.5 Å². The molecule has 2 heterocycles. The number of methoxy groups -OCH3 is 2. The van der Waals surface area contributed by atoms with Gasteiger partial charge in [-0.25, -0.2) is 0 Å². The fourth-order valence-electron chi connectivity index (χ4n) is 4.71. The summed E-state index contributed by atoms with van der Waals surface area (Å²) >= 11 is 6.35. The molecule has 8 heteroatoms. The third-order valence-electron chi connectivity index (χ3n) is 6.65. The highest BCUT2D eigenvalue weighted by Crippen LogP contribution is 2.38. The van der Waals surface area contributed by atoms with Gasteiger partial charge < -0.3 is 19.3 Å². The first-order valence-electron chi connectivity index (χ1n) is 11.8. The van der Waals surface area contributed by atoms with Gasteiger partial charge in [-0.1, -0.05) is 17.7 Å². The standard InChI is InChI=1S/C28H27ClN4O3/c1-32(25-11-8-20(35-2)16-27(25)36-3)26-17-30-31-24-14-18(6-9-22(24)26)23-15-19(29)7-10-21(23)28(34)33-12-4-5-13-33/h6-11,14-17H,4-5,12-13H2,1-3H3. The van der Waals surface area contributed by atoms with Crippen molar-refractivity contribution in [1.29, 1.82) is 0 Å². The predicted molar refractivity (Wildman–Crippen MR) is 143 cm³/mol. The summed E-state index contributed by atoms with van der Waals surface area (Å²) in [4.78, 5) is 17.2. The van der Waals surface area contributed by atoms with Crippen molar-refractivity contribution in [3.05, 3.63) is 71.4 Å². The van der Waals surface area contributed by atoms with Crippen molar-refractivity contribution in [2.24, 2.45) is 0 Å². The van der Waals surface area contributed by atoms with Crippen LogP contribution in [0.2, 0.25) is 5.02 Å². The van der Waals surface area contributed by atoms with Crippen LogP contribution in [0.15, 0.2) is 60.8 Å². The number of aromatic nitrogens is 2. The van der Waals surface area contributed by atoms with Crippen LogP contribution < -0.4 is 14.4 Å². The Bertz CT molecular complexity index is 1440. The van der Waals surface area contributed by atoms with Crippen molar-refractivity contribution in [3.63, 3.8) is 0 Å². The van der Waals surface area contributed by atoms with E-state index in [1.807, 2.05) is 65.4 Å². The summed E-state index contributed by atoms with van der Waals surface area (Å²) in [7, 11) is 5.21. The average Bonchev–Trinajstić information content (AvgIpc) is 3.46. The van der Waals surface area contributed by atoms with Crippen LogP contribution in [-0.2, 0) is 0 Å². The average molecular weight is 503 g/mol. The summed E-state index contributed by atoms with van der Waals surface area (Å²) in [6, 6.07) is 17.1. The van der Waals surface area contributed by atoms with Crippen LogP contribution in [-0.4, -0.2) is 55.4 Å². The highest BCUT2D eigenvalue weighted by molar-refractivity contribution is 6.31. The van der Waals surface area contributed by atoms with E-state index < -0.39 is 0 Å². The number of fused-ring (bicyclic) bond motifs is 1. The van der Waals surface area contributed by atoms with E-state index in [2.05, 4.69) is 10.2 Å². The maximum absolute atomic E-state index is 13.2. The van der Waals surface area contributed by atoms with Gasteiger partial charge in [0.2, 0.25) is 0 Å². The zero-order valence-corrected chi connectivity index (χ0v) is 21.2. The van der Waals surface area contributed by atoms with E-state index in [9.17, 15) is 4.79 Å². The minimum atomic E-state index is 0.0328. The molecule has 3 aromatic carbocycles. The fourth-order valence-corrected chi connectivity index (χ4v) is 4.88. The number of anilines is 2. The minimum absolute atomic E-state index is 0.0328. The van der Waals surface area contributed by atoms with Crippen molar-refractivity contribution < 1.29 is 14.3 Å². The molecule has 36 heavy (non-hydrogen) atoms. The maximum atomic E-state index is 13.2. The molecule has 4 aromatic rings. The third-order valence-corrected chi connectivity index (χ3v) is 6.88. The number of ether oxygens (including phenoxy) is 2. The molecule has 1 aliphatic heterocycles. The molecule has 5 rings (SSSR count). The van der Waals surface area contributed by atoms with E-state index >= 15 is 0 Å². The number of halogens is 1. The lowest BCUT2D eigenvalue weighted by atomic mass is 9.97. The number of amides is 1. The summed E-state index contributed by atoms with van der Waals surface area (Å²) in [6.07, 6.45) is 3.80. The summed E-state index contributed by atoms with van der Waals surface area (Å²) in [5, 5.41) is 10.2. The molecule has 0 unspecified atom stereocenters. The van der Waals surface area contributed by atoms with Crippen molar-refractivity contribution in [2.75, 3.05) is 39.3 Å². The number of carbonyl (C=O) groups is 1. The highest BCUT2D eigenvalue weighted by Gasteiger charge is 2.23. The molecule has 1 saturated heterocycles. The molecule has 1 aromatic heterocycles. The monoisotopic (exact) mass is 502 g/mol. The number of likely N-dealkylation sites (tertiary alicyclic amines) is 1. The minimum Gasteiger partial charge on any atom is -0.497 e. The van der Waals surface area contributed by atoms with Gasteiger partial charge in [0.25, 0.3) is 5.91 Å². The molecular weight excluding hydrogens is 476 g/mol. The van der Waals surface area contributed by atoms with Crippen LogP contribution in [0, 0.1) is 0 Å². The predicted octanol–water partition coefficient (Wildman–Crippen LogP) is 5.97. The number of nitrogens with zero attached hydrogens (tertiary/aromatic N) is 4. The molecule has 1 aliphatic rings. The number of hydrogen-bond acceptors (Lipinski definition) is 6. The highest BCUT2D eigenvalue weighted by atomic mass is 35.5. The topological polar surface area (TPSA) is 67.8 Å². The van der Waals surface area contributed by atoms with Crippen LogP contribution in [0.1, 0.15) is 23.2 Å². The SMILES string of the molecule is COc1ccc(N(C)c2cnnc3cc(-c4cc(Cl)ccc4C(=O)N4CCCC4)ccc23)c(OC)c1. The van der Waals surface area contributed by atoms with Crippen LogP contribution in [0.25, 0.3) is 22.0 Å². The van der Waals surface area contributed by atoms with Crippen molar-refractivity contribution in [2.45, 2.75) is 12.8 Å². The molecule has 0 bridgehead atoms. The van der Waals surface area contributed by atoms with E-state index in [4.69, 9.17) is 21.1 Å². The Kier molecular flexibility index (Phi) is 6.65. The largest absolute Gasteiger partial charge is 0.497 e. The van der Waals surface area contributed by atoms with Crippen LogP contribution in [0.5, 0.6) is 11.5 Å². The first kappa shape index (κ1) is 23.9. The summed E-state index contributed by atoms with van der Waals surface area (Å²) in [5.41, 5.74) is 4.75. The van der Waals surface area contributed by atoms with Crippen molar-refractivity contribution in [3.8, 4) is 22.6 Å². The molecule has 0 spiro atoms. The lowest BCUT2D eigenvalue weighted by molar-refractivity contribution is 0.0793. The molecule has 0 atom stereocenters. The molecule has 7 nitrogen and oxygen atoms in total. The second-order valence-corrected chi connectivity index (χ2v) is 9.18. The molecule has 0 radical (unpaired) electrons. The van der Waals surface area contributed by atoms with E-state index in [1.54, 1.807) is 26.5 Å². The Morgan fingerprint density at radius 2 is 1.78 bits per heavy atom. The van der Waals surface area contributed by atoms with Gasteiger partial charge in [-0.2, -0.15) is 10.2 Å². The van der Waals surface area contributed by atoms with Crippen LogP contribution in [0.4, 0.5) is 11.4 Å². The second-order valence-electron chi connectivity index (χ2n) is 8.75. The molecule has 1 amide bonds. The van der Waals surface area contributed by atoms with Gasteiger partial charge in [0.15, 0.2) is 0 Å². The summed E-state index contributed by atoms with van der Waals surface area (Å²) < 4.78 is 10.9. The number of rotatable bonds is 6. The van der Waals surface area contributed by atoms with Crippen molar-refractivity contribution >= 4 is 39.8 Å². The molecular formula is C28H27ClN4O3. The Balaban J connectivity index is 1.56. The first-order valence-corrected chi connectivity index (χ1v) is 12.2. The Morgan fingerprint density at radius 3 is 2.53 bits per heavy atom. The van der Waals surface area contributed by atoms with Crippen LogP contribution >= 0.6 is 11.6 Å². The fraction of sp³-hybridized carbons (Fsp3) is 0.250. The Morgan fingerprint density at radius 1 is 0.972 bits per heavy atom. The van der Waals surface area contributed by atoms with E-state index in [0.717, 1.165) is 53.8 Å². The Hall–Kier alpha value is -3.84. The lowest BCUT2D eigenvalue weighted by Gasteiger charge is -2.23. The normalized spacial score (nSPS) is 13.2. The summed E-state index contributed by atoms with van der Waals surface area (Å²) in [6.45, 7) is 1.57. The van der Waals surface area contributed by atoms with Gasteiger partial charge in [-0.15, -0.1) is 0 Å². The second kappa shape index (κ2) is 10.0. The van der Waals surface area contributed by atoms with E-state index in [-0.39, 0.29) is 5.91 Å². The third kappa shape index (κ3) is 4.42. The zero-order valence-electron chi connectivity index (χ0n) is 20.5. The van der Waals surface area contributed by atoms with Gasteiger partial charge in [-0.05, 0) is 66.4 Å². The smallest absolute Gasteiger partial charge is 0.254 e. The van der Waals surface area contributed by atoms with Crippen molar-refractivity contribution in [1.82, 2.24) is 15.1 Å². The number of benzene rings is 3.